The lowest BCUT2D eigenvalue weighted by Gasteiger charge is -2.10. The average molecular weight is 197 g/mol. The molecule has 1 aromatic carbocycles. The Bertz CT molecular complexity index is 480. The third-order valence-electron chi connectivity index (χ3n) is 2.38. The SMILES string of the molecule is CC(C#N)c1ccccc1-n1ccnc1. The van der Waals surface area contributed by atoms with E-state index < -0.39 is 0 Å². The molecule has 3 nitrogen and oxygen atoms in total. The van der Waals surface area contributed by atoms with Gasteiger partial charge < -0.3 is 4.57 Å². The summed E-state index contributed by atoms with van der Waals surface area (Å²) in [5.74, 6) is -0.108. The van der Waals surface area contributed by atoms with Crippen LogP contribution in [0.1, 0.15) is 18.4 Å². The first-order chi connectivity index (χ1) is 7.33. The second-order valence-electron chi connectivity index (χ2n) is 3.38. The van der Waals surface area contributed by atoms with E-state index in [1.54, 1.807) is 12.5 Å². The van der Waals surface area contributed by atoms with Crippen LogP contribution in [0.5, 0.6) is 0 Å². The summed E-state index contributed by atoms with van der Waals surface area (Å²) in [4.78, 5) is 4.00. The minimum absolute atomic E-state index is 0.108. The van der Waals surface area contributed by atoms with Gasteiger partial charge in [0.1, 0.15) is 0 Å². The number of para-hydroxylation sites is 1. The smallest absolute Gasteiger partial charge is 0.0991 e. The molecule has 1 unspecified atom stereocenters. The zero-order chi connectivity index (χ0) is 10.7. The molecule has 0 saturated heterocycles. The zero-order valence-electron chi connectivity index (χ0n) is 8.46. The number of imidazole rings is 1. The van der Waals surface area contributed by atoms with Crippen molar-refractivity contribution in [3.8, 4) is 11.8 Å². The predicted octanol–water partition coefficient (Wildman–Crippen LogP) is 2.50. The number of rotatable bonds is 2. The molecule has 0 saturated carbocycles. The van der Waals surface area contributed by atoms with Crippen molar-refractivity contribution in [2.45, 2.75) is 12.8 Å². The minimum atomic E-state index is -0.108. The second-order valence-corrected chi connectivity index (χ2v) is 3.38. The molecule has 74 valence electrons. The Labute approximate surface area is 88.6 Å². The van der Waals surface area contributed by atoms with Gasteiger partial charge in [0, 0.05) is 12.4 Å². The monoisotopic (exact) mass is 197 g/mol. The first-order valence-electron chi connectivity index (χ1n) is 4.80. The molecule has 0 radical (unpaired) electrons. The fourth-order valence-corrected chi connectivity index (χ4v) is 1.56. The van der Waals surface area contributed by atoms with Crippen LogP contribution in [0, 0.1) is 11.3 Å². The van der Waals surface area contributed by atoms with Crippen LogP contribution in [0.25, 0.3) is 5.69 Å². The highest BCUT2D eigenvalue weighted by Gasteiger charge is 2.09. The molecule has 1 aromatic heterocycles. The number of nitrogens with zero attached hydrogens (tertiary/aromatic N) is 3. The maximum absolute atomic E-state index is 8.94. The van der Waals surface area contributed by atoms with Crippen LogP contribution in [0.2, 0.25) is 0 Å². The summed E-state index contributed by atoms with van der Waals surface area (Å²) in [6.45, 7) is 1.90. The lowest BCUT2D eigenvalue weighted by Crippen LogP contribution is -1.99. The van der Waals surface area contributed by atoms with Gasteiger partial charge in [0.05, 0.1) is 24.0 Å². The Morgan fingerprint density at radius 1 is 1.40 bits per heavy atom. The molecule has 0 bridgehead atoms. The Kier molecular flexibility index (Phi) is 2.51. The summed E-state index contributed by atoms with van der Waals surface area (Å²) in [5, 5.41) is 8.94. The molecular weight excluding hydrogens is 186 g/mol. The molecule has 0 aliphatic rings. The molecule has 15 heavy (non-hydrogen) atoms. The van der Waals surface area contributed by atoms with Crippen molar-refractivity contribution in [2.24, 2.45) is 0 Å². The van der Waals surface area contributed by atoms with Crippen molar-refractivity contribution in [1.29, 1.82) is 5.26 Å². The van der Waals surface area contributed by atoms with E-state index in [4.69, 9.17) is 5.26 Å². The molecule has 0 fully saturated rings. The fraction of sp³-hybridized carbons (Fsp3) is 0.167. The highest BCUT2D eigenvalue weighted by atomic mass is 15.0. The normalized spacial score (nSPS) is 12.0. The Morgan fingerprint density at radius 2 is 2.20 bits per heavy atom. The molecule has 1 heterocycles. The average Bonchev–Trinajstić information content (AvgIpc) is 2.81. The second kappa shape index (κ2) is 3.97. The Morgan fingerprint density at radius 3 is 2.87 bits per heavy atom. The highest BCUT2D eigenvalue weighted by Crippen LogP contribution is 2.22. The largest absolute Gasteiger partial charge is 0.306 e. The summed E-state index contributed by atoms with van der Waals surface area (Å²) in [5.41, 5.74) is 2.04. The van der Waals surface area contributed by atoms with E-state index in [0.29, 0.717) is 0 Å². The number of hydrogen-bond acceptors (Lipinski definition) is 2. The van der Waals surface area contributed by atoms with Gasteiger partial charge in [-0.1, -0.05) is 18.2 Å². The maximum atomic E-state index is 8.94. The van der Waals surface area contributed by atoms with Crippen LogP contribution in [-0.2, 0) is 0 Å². The van der Waals surface area contributed by atoms with E-state index in [-0.39, 0.29) is 5.92 Å². The minimum Gasteiger partial charge on any atom is -0.306 e. The topological polar surface area (TPSA) is 41.6 Å². The highest BCUT2D eigenvalue weighted by molar-refractivity contribution is 5.44. The zero-order valence-corrected chi connectivity index (χ0v) is 8.46. The molecule has 0 N–H and O–H groups in total. The molecule has 0 aliphatic carbocycles. The van der Waals surface area contributed by atoms with Gasteiger partial charge in [-0.2, -0.15) is 5.26 Å². The van der Waals surface area contributed by atoms with Gasteiger partial charge in [0.2, 0.25) is 0 Å². The van der Waals surface area contributed by atoms with E-state index in [1.165, 1.54) is 0 Å². The van der Waals surface area contributed by atoms with E-state index in [9.17, 15) is 0 Å². The van der Waals surface area contributed by atoms with Crippen LogP contribution < -0.4 is 0 Å². The molecule has 1 atom stereocenters. The van der Waals surface area contributed by atoms with Crippen LogP contribution in [0.4, 0.5) is 0 Å². The van der Waals surface area contributed by atoms with Gasteiger partial charge in [-0.25, -0.2) is 4.98 Å². The maximum Gasteiger partial charge on any atom is 0.0991 e. The molecule has 2 rings (SSSR count). The van der Waals surface area contributed by atoms with Gasteiger partial charge in [0.25, 0.3) is 0 Å². The quantitative estimate of drug-likeness (QED) is 0.742. The van der Waals surface area contributed by atoms with Gasteiger partial charge in [-0.15, -0.1) is 0 Å². The van der Waals surface area contributed by atoms with Crippen LogP contribution in [0.3, 0.4) is 0 Å². The van der Waals surface area contributed by atoms with Gasteiger partial charge in [-0.3, -0.25) is 0 Å². The summed E-state index contributed by atoms with van der Waals surface area (Å²) >= 11 is 0. The molecule has 0 aliphatic heterocycles. The molecule has 2 aromatic rings. The molecular formula is C12H11N3. The lowest BCUT2D eigenvalue weighted by molar-refractivity contribution is 0.934. The van der Waals surface area contributed by atoms with E-state index >= 15 is 0 Å². The van der Waals surface area contributed by atoms with Crippen molar-refractivity contribution < 1.29 is 0 Å². The van der Waals surface area contributed by atoms with Crippen molar-refractivity contribution in [3.05, 3.63) is 48.5 Å². The van der Waals surface area contributed by atoms with Crippen LogP contribution in [-0.4, -0.2) is 9.55 Å². The summed E-state index contributed by atoms with van der Waals surface area (Å²) < 4.78 is 1.92. The van der Waals surface area contributed by atoms with Crippen molar-refractivity contribution in [1.82, 2.24) is 9.55 Å². The summed E-state index contributed by atoms with van der Waals surface area (Å²) in [7, 11) is 0. The molecule has 0 spiro atoms. The van der Waals surface area contributed by atoms with Gasteiger partial charge in [0.15, 0.2) is 0 Å². The third-order valence-corrected chi connectivity index (χ3v) is 2.38. The van der Waals surface area contributed by atoms with Crippen LogP contribution >= 0.6 is 0 Å². The van der Waals surface area contributed by atoms with E-state index in [0.717, 1.165) is 11.3 Å². The van der Waals surface area contributed by atoms with Gasteiger partial charge in [-0.05, 0) is 18.6 Å². The number of benzene rings is 1. The standard InChI is InChI=1S/C12H11N3/c1-10(8-13)11-4-2-3-5-12(11)15-7-6-14-9-15/h2-7,9-10H,1H3. The van der Waals surface area contributed by atoms with Crippen LogP contribution in [0.15, 0.2) is 43.0 Å². The van der Waals surface area contributed by atoms with Crippen molar-refractivity contribution in [2.75, 3.05) is 0 Å². The number of hydrogen-bond donors (Lipinski definition) is 0. The predicted molar refractivity (Wildman–Crippen MR) is 57.6 cm³/mol. The summed E-state index contributed by atoms with van der Waals surface area (Å²) in [6.07, 6.45) is 5.35. The first kappa shape index (κ1) is 9.47. The van der Waals surface area contributed by atoms with Crippen molar-refractivity contribution in [3.63, 3.8) is 0 Å². The third kappa shape index (κ3) is 1.75. The number of aromatic nitrogens is 2. The van der Waals surface area contributed by atoms with Crippen molar-refractivity contribution >= 4 is 0 Å². The van der Waals surface area contributed by atoms with E-state index in [1.807, 2.05) is 42.0 Å². The van der Waals surface area contributed by atoms with E-state index in [2.05, 4.69) is 11.1 Å². The summed E-state index contributed by atoms with van der Waals surface area (Å²) in [6, 6.07) is 10.1. The fourth-order valence-electron chi connectivity index (χ4n) is 1.56. The number of nitriles is 1. The molecule has 0 amide bonds. The first-order valence-corrected chi connectivity index (χ1v) is 4.80. The Hall–Kier alpha value is -2.08. The Balaban J connectivity index is 2.53. The molecule has 3 heteroatoms. The van der Waals surface area contributed by atoms with Gasteiger partial charge >= 0.3 is 0 Å². The lowest BCUT2D eigenvalue weighted by atomic mass is 10.0.